The van der Waals surface area contributed by atoms with Crippen molar-refractivity contribution in [2.45, 2.75) is 38.9 Å². The van der Waals surface area contributed by atoms with E-state index in [1.54, 1.807) is 6.07 Å². The summed E-state index contributed by atoms with van der Waals surface area (Å²) < 4.78 is 7.95. The number of rotatable bonds is 3. The highest BCUT2D eigenvalue weighted by atomic mass is 127. The van der Waals surface area contributed by atoms with Crippen molar-refractivity contribution in [3.8, 4) is 5.75 Å². The van der Waals surface area contributed by atoms with E-state index in [4.69, 9.17) is 4.43 Å². The molecule has 0 aliphatic rings. The molecule has 0 atom stereocenters. The van der Waals surface area contributed by atoms with Crippen LogP contribution in [0.3, 0.4) is 0 Å². The number of benzene rings is 1. The van der Waals surface area contributed by atoms with Gasteiger partial charge in [0.05, 0.1) is 3.57 Å². The van der Waals surface area contributed by atoms with E-state index < -0.39 is 14.3 Å². The second-order valence-corrected chi connectivity index (χ2v) is 13.1. The lowest BCUT2D eigenvalue weighted by atomic mass is 10.2. The Hall–Kier alpha value is 0.167. The van der Waals surface area contributed by atoms with Crippen LogP contribution in [0.5, 0.6) is 5.75 Å². The number of hydrogen-bond donors (Lipinski definition) is 1. The molecule has 0 fully saturated rings. The molecule has 0 unspecified atom stereocenters. The normalized spacial score (nSPS) is 12.4. The van der Waals surface area contributed by atoms with Gasteiger partial charge in [-0.05, 0) is 75.4 Å². The van der Waals surface area contributed by atoms with Crippen LogP contribution in [-0.4, -0.2) is 19.4 Å². The second kappa shape index (κ2) is 5.88. The maximum absolute atomic E-state index is 11.4. The van der Waals surface area contributed by atoms with Gasteiger partial charge in [-0.3, -0.25) is 0 Å². The van der Waals surface area contributed by atoms with Crippen molar-refractivity contribution in [3.63, 3.8) is 0 Å². The Kier molecular flexibility index (Phi) is 5.33. The molecule has 0 aliphatic carbocycles. The molecule has 0 radical (unpaired) electrons. The first kappa shape index (κ1) is 17.2. The maximum atomic E-state index is 11.4. The van der Waals surface area contributed by atoms with Gasteiger partial charge in [-0.2, -0.15) is 0 Å². The predicted octanol–water partition coefficient (Wildman–Crippen LogP) is 4.98. The van der Waals surface area contributed by atoms with Crippen molar-refractivity contribution >= 4 is 59.5 Å². The summed E-state index contributed by atoms with van der Waals surface area (Å²) in [6.45, 7) is 10.6. The standard InChI is InChI=1S/C13H18I2O3Si/c1-13(2,3)19(4,5)18-11-9(12(16)17)6-8(14)7-10(11)15/h6-7H,1-5H3,(H,16,17). The smallest absolute Gasteiger partial charge is 0.339 e. The third-order valence-corrected chi connectivity index (χ3v) is 9.15. The lowest BCUT2D eigenvalue weighted by Crippen LogP contribution is -2.44. The van der Waals surface area contributed by atoms with Crippen LogP contribution < -0.4 is 4.43 Å². The van der Waals surface area contributed by atoms with E-state index in [1.165, 1.54) is 0 Å². The van der Waals surface area contributed by atoms with Gasteiger partial charge < -0.3 is 9.53 Å². The lowest BCUT2D eigenvalue weighted by Gasteiger charge is -2.37. The summed E-state index contributed by atoms with van der Waals surface area (Å²) in [5.74, 6) is -0.426. The van der Waals surface area contributed by atoms with Gasteiger partial charge in [0.25, 0.3) is 8.32 Å². The van der Waals surface area contributed by atoms with Gasteiger partial charge in [-0.25, -0.2) is 4.79 Å². The number of carboxylic acid groups (broad SMARTS) is 1. The van der Waals surface area contributed by atoms with Gasteiger partial charge in [0.15, 0.2) is 0 Å². The molecule has 1 N–H and O–H groups in total. The monoisotopic (exact) mass is 504 g/mol. The van der Waals surface area contributed by atoms with Crippen molar-refractivity contribution in [1.29, 1.82) is 0 Å². The minimum Gasteiger partial charge on any atom is -0.542 e. The highest BCUT2D eigenvalue weighted by Gasteiger charge is 2.40. The topological polar surface area (TPSA) is 46.5 Å². The number of halogens is 2. The average molecular weight is 504 g/mol. The molecule has 0 spiro atoms. The third kappa shape index (κ3) is 4.07. The summed E-state index contributed by atoms with van der Waals surface area (Å²) in [4.78, 5) is 11.4. The first-order valence-corrected chi connectivity index (χ1v) is 10.9. The van der Waals surface area contributed by atoms with Crippen molar-refractivity contribution in [2.24, 2.45) is 0 Å². The quantitative estimate of drug-likeness (QED) is 0.467. The summed E-state index contributed by atoms with van der Waals surface area (Å²) in [6, 6.07) is 3.60. The summed E-state index contributed by atoms with van der Waals surface area (Å²) >= 11 is 4.26. The Labute approximate surface area is 142 Å². The fraction of sp³-hybridized carbons (Fsp3) is 0.462. The minimum absolute atomic E-state index is 0.0366. The zero-order valence-corrected chi connectivity index (χ0v) is 17.0. The predicted molar refractivity (Wildman–Crippen MR) is 96.7 cm³/mol. The van der Waals surface area contributed by atoms with Crippen LogP contribution in [0.15, 0.2) is 12.1 Å². The average Bonchev–Trinajstić information content (AvgIpc) is 2.19. The molecular weight excluding hydrogens is 486 g/mol. The van der Waals surface area contributed by atoms with E-state index in [0.29, 0.717) is 5.75 Å². The highest BCUT2D eigenvalue weighted by molar-refractivity contribution is 14.1. The molecular formula is C13H18I2O3Si. The van der Waals surface area contributed by atoms with E-state index in [0.717, 1.165) is 7.14 Å². The first-order chi connectivity index (χ1) is 8.45. The van der Waals surface area contributed by atoms with E-state index in [9.17, 15) is 9.90 Å². The van der Waals surface area contributed by atoms with Gasteiger partial charge in [-0.15, -0.1) is 0 Å². The van der Waals surface area contributed by atoms with Crippen LogP contribution in [0, 0.1) is 7.14 Å². The summed E-state index contributed by atoms with van der Waals surface area (Å²) in [5.41, 5.74) is 0.251. The Morgan fingerprint density at radius 2 is 1.79 bits per heavy atom. The summed E-state index contributed by atoms with van der Waals surface area (Å²) in [6.07, 6.45) is 0. The molecule has 0 aromatic heterocycles. The first-order valence-electron chi connectivity index (χ1n) is 5.87. The molecule has 0 saturated heterocycles. The number of aromatic carboxylic acids is 1. The zero-order valence-electron chi connectivity index (χ0n) is 11.7. The van der Waals surface area contributed by atoms with Crippen LogP contribution in [0.25, 0.3) is 0 Å². The second-order valence-electron chi connectivity index (χ2n) is 5.93. The molecule has 0 bridgehead atoms. The van der Waals surface area contributed by atoms with Gasteiger partial charge in [-0.1, -0.05) is 20.8 Å². The Morgan fingerprint density at radius 1 is 1.26 bits per heavy atom. The zero-order chi connectivity index (χ0) is 15.0. The number of hydrogen-bond acceptors (Lipinski definition) is 2. The summed E-state index contributed by atoms with van der Waals surface area (Å²) in [7, 11) is -2.04. The van der Waals surface area contributed by atoms with Crippen molar-refractivity contribution in [3.05, 3.63) is 24.8 Å². The Bertz CT molecular complexity index is 507. The number of carbonyl (C=O) groups is 1. The summed E-state index contributed by atoms with van der Waals surface area (Å²) in [5, 5.41) is 9.38. The molecule has 0 aliphatic heterocycles. The molecule has 6 heteroatoms. The molecule has 1 rings (SSSR count). The fourth-order valence-corrected chi connectivity index (χ4v) is 4.43. The Balaban J connectivity index is 3.32. The van der Waals surface area contributed by atoms with Crippen molar-refractivity contribution in [2.75, 3.05) is 0 Å². The van der Waals surface area contributed by atoms with E-state index in [2.05, 4.69) is 79.0 Å². The van der Waals surface area contributed by atoms with Crippen LogP contribution in [0.2, 0.25) is 18.1 Å². The van der Waals surface area contributed by atoms with Crippen molar-refractivity contribution < 1.29 is 14.3 Å². The van der Waals surface area contributed by atoms with Gasteiger partial charge in [0.2, 0.25) is 0 Å². The van der Waals surface area contributed by atoms with E-state index >= 15 is 0 Å². The van der Waals surface area contributed by atoms with Crippen LogP contribution in [-0.2, 0) is 0 Å². The molecule has 1 aromatic carbocycles. The van der Waals surface area contributed by atoms with Crippen LogP contribution in [0.1, 0.15) is 31.1 Å². The largest absolute Gasteiger partial charge is 0.542 e. The fourth-order valence-electron chi connectivity index (χ4n) is 1.23. The van der Waals surface area contributed by atoms with Crippen LogP contribution in [0.4, 0.5) is 0 Å². The van der Waals surface area contributed by atoms with Crippen LogP contribution >= 0.6 is 45.2 Å². The Morgan fingerprint density at radius 3 is 2.21 bits per heavy atom. The van der Waals surface area contributed by atoms with Gasteiger partial charge >= 0.3 is 5.97 Å². The minimum atomic E-state index is -2.04. The SMILES string of the molecule is CC(C)(C)[Si](C)(C)Oc1c(I)cc(I)cc1C(=O)O. The molecule has 1 aromatic rings. The highest BCUT2D eigenvalue weighted by Crippen LogP contribution is 2.40. The molecule has 0 saturated carbocycles. The molecule has 19 heavy (non-hydrogen) atoms. The molecule has 106 valence electrons. The lowest BCUT2D eigenvalue weighted by molar-refractivity contribution is 0.0694. The van der Waals surface area contributed by atoms with E-state index in [1.807, 2.05) is 6.07 Å². The third-order valence-electron chi connectivity index (χ3n) is 3.40. The molecule has 0 amide bonds. The molecule has 3 nitrogen and oxygen atoms in total. The molecule has 0 heterocycles. The van der Waals surface area contributed by atoms with Crippen molar-refractivity contribution in [1.82, 2.24) is 0 Å². The van der Waals surface area contributed by atoms with Gasteiger partial charge in [0, 0.05) is 3.57 Å². The number of carboxylic acids is 1. The maximum Gasteiger partial charge on any atom is 0.339 e. The van der Waals surface area contributed by atoms with E-state index in [-0.39, 0.29) is 10.6 Å². The van der Waals surface area contributed by atoms with Gasteiger partial charge in [0.1, 0.15) is 11.3 Å².